The summed E-state index contributed by atoms with van der Waals surface area (Å²) in [6.07, 6.45) is -1.60. The second-order valence-electron chi connectivity index (χ2n) is 5.32. The lowest BCUT2D eigenvalue weighted by Gasteiger charge is -2.17. The topological polar surface area (TPSA) is 130 Å². The molecule has 1 aliphatic rings. The second-order valence-corrected chi connectivity index (χ2v) is 6.07. The zero-order chi connectivity index (χ0) is 15.3. The Morgan fingerprint density at radius 3 is 2.67 bits per heavy atom. The van der Waals surface area contributed by atoms with Gasteiger partial charge in [-0.1, -0.05) is 0 Å². The van der Waals surface area contributed by atoms with Crippen LogP contribution >= 0.6 is 15.9 Å². The molecule has 0 unspecified atom stereocenters. The molecule has 3 rings (SSSR count). The van der Waals surface area contributed by atoms with Crippen LogP contribution in [0.2, 0.25) is 0 Å². The van der Waals surface area contributed by atoms with E-state index < -0.39 is 18.2 Å². The zero-order valence-electron chi connectivity index (χ0n) is 11.3. The van der Waals surface area contributed by atoms with Gasteiger partial charge in [-0.3, -0.25) is 0 Å². The van der Waals surface area contributed by atoms with Crippen LogP contribution in [-0.2, 0) is 0 Å². The Kier molecular flexibility index (Phi) is 3.60. The molecule has 0 radical (unpaired) electrons. The van der Waals surface area contributed by atoms with Gasteiger partial charge < -0.3 is 21.1 Å². The Bertz CT molecular complexity index is 691. The molecule has 114 valence electrons. The third kappa shape index (κ3) is 2.20. The number of halogens is 1. The summed E-state index contributed by atoms with van der Waals surface area (Å²) in [5.41, 5.74) is 6.40. The maximum atomic E-state index is 10.2. The average Bonchev–Trinajstić information content (AvgIpc) is 2.89. The van der Waals surface area contributed by atoms with Crippen LogP contribution < -0.4 is 5.73 Å². The fourth-order valence-corrected chi connectivity index (χ4v) is 3.44. The number of nitrogens with two attached hydrogens (primary N) is 1. The summed E-state index contributed by atoms with van der Waals surface area (Å²) in [4.78, 5) is 8.44. The molecule has 21 heavy (non-hydrogen) atoms. The van der Waals surface area contributed by atoms with E-state index >= 15 is 0 Å². The van der Waals surface area contributed by atoms with Crippen molar-refractivity contribution in [3.05, 3.63) is 10.4 Å². The first-order valence-corrected chi connectivity index (χ1v) is 7.38. The molecular weight excluding hydrogens is 342 g/mol. The quantitative estimate of drug-likeness (QED) is 0.583. The number of aliphatic hydroxyl groups is 3. The molecule has 0 bridgehead atoms. The molecule has 2 aromatic heterocycles. The molecule has 0 aliphatic heterocycles. The predicted molar refractivity (Wildman–Crippen MR) is 78.4 cm³/mol. The summed E-state index contributed by atoms with van der Waals surface area (Å²) in [6.45, 7) is 1.53. The molecule has 1 fully saturated rings. The molecule has 2 heterocycles. The highest BCUT2D eigenvalue weighted by Crippen LogP contribution is 2.38. The number of aromatic nitrogens is 4. The molecular formula is C12H16BrN5O3. The van der Waals surface area contributed by atoms with Gasteiger partial charge in [0.05, 0.1) is 17.5 Å². The summed E-state index contributed by atoms with van der Waals surface area (Å²) in [7, 11) is 0. The highest BCUT2D eigenvalue weighted by atomic mass is 79.9. The largest absolute Gasteiger partial charge is 0.396 e. The van der Waals surface area contributed by atoms with Gasteiger partial charge in [-0.2, -0.15) is 5.10 Å². The molecule has 2 aromatic rings. The van der Waals surface area contributed by atoms with Gasteiger partial charge in [0.2, 0.25) is 0 Å². The van der Waals surface area contributed by atoms with Crippen LogP contribution in [-0.4, -0.2) is 53.9 Å². The Morgan fingerprint density at radius 2 is 2.05 bits per heavy atom. The molecule has 1 aliphatic carbocycles. The van der Waals surface area contributed by atoms with Crippen molar-refractivity contribution in [3.63, 3.8) is 0 Å². The van der Waals surface area contributed by atoms with Gasteiger partial charge in [0.25, 0.3) is 0 Å². The van der Waals surface area contributed by atoms with Gasteiger partial charge in [0, 0.05) is 12.5 Å². The van der Waals surface area contributed by atoms with E-state index in [-0.39, 0.29) is 12.5 Å². The molecule has 8 nitrogen and oxygen atoms in total. The van der Waals surface area contributed by atoms with Crippen LogP contribution in [0, 0.1) is 12.8 Å². The average molecular weight is 358 g/mol. The van der Waals surface area contributed by atoms with Crippen molar-refractivity contribution >= 4 is 32.8 Å². The number of nitrogens with zero attached hydrogens (tertiary/aromatic N) is 4. The van der Waals surface area contributed by atoms with Gasteiger partial charge in [-0.15, -0.1) is 0 Å². The highest BCUT2D eigenvalue weighted by Gasteiger charge is 2.43. The minimum absolute atomic E-state index is 0.189. The lowest BCUT2D eigenvalue weighted by atomic mass is 10.1. The van der Waals surface area contributed by atoms with Crippen LogP contribution in [0.15, 0.2) is 4.60 Å². The second kappa shape index (κ2) is 5.16. The maximum Gasteiger partial charge on any atom is 0.165 e. The molecule has 0 aromatic carbocycles. The maximum absolute atomic E-state index is 10.2. The predicted octanol–water partition coefficient (Wildman–Crippen LogP) is -0.245. The molecule has 9 heteroatoms. The Balaban J connectivity index is 2.13. The summed E-state index contributed by atoms with van der Waals surface area (Å²) >= 11 is 3.32. The number of aryl methyl sites for hydroxylation is 1. The number of nitrogen functional groups attached to an aromatic ring is 1. The summed E-state index contributed by atoms with van der Waals surface area (Å²) in [6, 6.07) is -0.473. The molecule has 0 amide bonds. The van der Waals surface area contributed by atoms with Gasteiger partial charge in [-0.25, -0.2) is 14.6 Å². The van der Waals surface area contributed by atoms with E-state index in [1.165, 1.54) is 0 Å². The van der Waals surface area contributed by atoms with E-state index in [1.54, 1.807) is 11.6 Å². The van der Waals surface area contributed by atoms with Gasteiger partial charge in [0.1, 0.15) is 22.3 Å². The van der Waals surface area contributed by atoms with Crippen molar-refractivity contribution < 1.29 is 15.3 Å². The Morgan fingerprint density at radius 1 is 1.33 bits per heavy atom. The number of hydrogen-bond acceptors (Lipinski definition) is 7. The molecule has 0 saturated heterocycles. The third-order valence-corrected chi connectivity index (χ3v) is 4.52. The summed E-state index contributed by atoms with van der Waals surface area (Å²) < 4.78 is 2.04. The molecule has 5 N–H and O–H groups in total. The number of hydrogen-bond donors (Lipinski definition) is 4. The summed E-state index contributed by atoms with van der Waals surface area (Å²) in [5.74, 6) is 0.422. The minimum Gasteiger partial charge on any atom is -0.396 e. The van der Waals surface area contributed by atoms with Gasteiger partial charge >= 0.3 is 0 Å². The number of rotatable bonds is 2. The molecule has 4 atom stereocenters. The van der Waals surface area contributed by atoms with Crippen molar-refractivity contribution in [3.8, 4) is 0 Å². The van der Waals surface area contributed by atoms with Crippen molar-refractivity contribution in [2.75, 3.05) is 12.3 Å². The molecule has 0 spiro atoms. The first kappa shape index (κ1) is 14.6. The number of fused-ring (bicyclic) bond motifs is 1. The summed E-state index contributed by atoms with van der Waals surface area (Å²) in [5, 5.41) is 34.3. The van der Waals surface area contributed by atoms with Crippen LogP contribution in [0.4, 0.5) is 5.82 Å². The van der Waals surface area contributed by atoms with E-state index in [2.05, 4.69) is 31.0 Å². The molecule has 1 saturated carbocycles. The van der Waals surface area contributed by atoms with Crippen molar-refractivity contribution in [2.45, 2.75) is 31.6 Å². The van der Waals surface area contributed by atoms with E-state index in [0.717, 1.165) is 0 Å². The van der Waals surface area contributed by atoms with Crippen LogP contribution in [0.25, 0.3) is 11.0 Å². The Hall–Kier alpha value is -1.29. The number of anilines is 1. The SMILES string of the molecule is Cc1nc(N)c2c(Br)nn([C@@H]3C[C@@H](CO)[C@@H](O)[C@H]3O)c2n1. The monoisotopic (exact) mass is 357 g/mol. The standard InChI is InChI=1S/C12H16BrN5O3/c1-4-15-11(14)7-10(13)17-18(12(7)16-4)6-2-5(3-19)8(20)9(6)21/h5-6,8-9,19-21H,2-3H2,1H3,(H2,14,15,16)/t5-,6+,8+,9-/m0/s1. The highest BCUT2D eigenvalue weighted by molar-refractivity contribution is 9.10. The fraction of sp³-hybridized carbons (Fsp3) is 0.583. The van der Waals surface area contributed by atoms with Gasteiger partial charge in [0.15, 0.2) is 5.65 Å². The van der Waals surface area contributed by atoms with Crippen molar-refractivity contribution in [2.24, 2.45) is 5.92 Å². The third-order valence-electron chi connectivity index (χ3n) is 3.97. The van der Waals surface area contributed by atoms with Crippen LogP contribution in [0.1, 0.15) is 18.3 Å². The van der Waals surface area contributed by atoms with Crippen molar-refractivity contribution in [1.29, 1.82) is 0 Å². The van der Waals surface area contributed by atoms with E-state index in [4.69, 9.17) is 5.73 Å². The van der Waals surface area contributed by atoms with Crippen LogP contribution in [0.3, 0.4) is 0 Å². The van der Waals surface area contributed by atoms with Crippen molar-refractivity contribution in [1.82, 2.24) is 19.7 Å². The van der Waals surface area contributed by atoms with E-state index in [1.807, 2.05) is 0 Å². The van der Waals surface area contributed by atoms with Gasteiger partial charge in [-0.05, 0) is 29.3 Å². The minimum atomic E-state index is -1.02. The lowest BCUT2D eigenvalue weighted by molar-refractivity contribution is -0.00495. The normalized spacial score (nSPS) is 29.4. The fourth-order valence-electron chi connectivity index (χ4n) is 2.89. The number of aliphatic hydroxyl groups excluding tert-OH is 3. The first-order valence-electron chi connectivity index (χ1n) is 6.58. The van der Waals surface area contributed by atoms with E-state index in [9.17, 15) is 15.3 Å². The Labute approximate surface area is 128 Å². The zero-order valence-corrected chi connectivity index (χ0v) is 12.9. The first-order chi connectivity index (χ1) is 9.93. The smallest absolute Gasteiger partial charge is 0.165 e. The van der Waals surface area contributed by atoms with E-state index in [0.29, 0.717) is 33.7 Å². The van der Waals surface area contributed by atoms with Crippen LogP contribution in [0.5, 0.6) is 0 Å². The lowest BCUT2D eigenvalue weighted by Crippen LogP contribution is -2.30.